The molecule has 42 heavy (non-hydrogen) atoms. The Hall–Kier alpha value is -1.11. The molecule has 2 aromatic rings. The Balaban J connectivity index is 0.000000260. The number of benzene rings is 2. The predicted octanol–water partition coefficient (Wildman–Crippen LogP) is 11.1. The van der Waals surface area contributed by atoms with Gasteiger partial charge in [-0.1, -0.05) is 105 Å². The Labute approximate surface area is 275 Å². The number of hydrogen-bond donors (Lipinski definition) is 0. The van der Waals surface area contributed by atoms with E-state index in [4.69, 9.17) is 0 Å². The van der Waals surface area contributed by atoms with Crippen LogP contribution >= 0.6 is 0 Å². The molecule has 0 fully saturated rings. The molecule has 4 aliphatic carbocycles. The minimum absolute atomic E-state index is 0.165. The first-order valence-corrected chi connectivity index (χ1v) is 20.9. The molecule has 0 aromatic heterocycles. The van der Waals surface area contributed by atoms with Gasteiger partial charge in [0, 0.05) is 0 Å². The fraction of sp³-hybridized carbons (Fsp3) is 0.550. The minimum Gasteiger partial charge on any atom is -0.273 e. The molecule has 0 nitrogen and oxygen atoms in total. The smallest absolute Gasteiger partial charge is 0.0114 e. The fourth-order valence-electron chi connectivity index (χ4n) is 7.05. The second kappa shape index (κ2) is 11.7. The van der Waals surface area contributed by atoms with E-state index in [1.165, 1.54) is 32.7 Å². The summed E-state index contributed by atoms with van der Waals surface area (Å²) in [5.74, 6) is 0. The Bertz CT molecular complexity index is 1350. The average Bonchev–Trinajstić information content (AvgIpc) is 3.52. The van der Waals surface area contributed by atoms with Crippen LogP contribution in [0.3, 0.4) is 0 Å². The van der Waals surface area contributed by atoms with Crippen molar-refractivity contribution < 1.29 is 24.2 Å². The third kappa shape index (κ3) is 6.91. The van der Waals surface area contributed by atoms with Gasteiger partial charge in [-0.25, -0.2) is 11.3 Å². The molecule has 2 aromatic carbocycles. The molecular formula is C40H56SiZr. The molecule has 0 amide bonds. The van der Waals surface area contributed by atoms with Gasteiger partial charge in [-0.2, -0.15) is 12.5 Å². The summed E-state index contributed by atoms with van der Waals surface area (Å²) in [4.78, 5) is 0. The van der Waals surface area contributed by atoms with Crippen LogP contribution in [0.15, 0.2) is 41.6 Å². The second-order valence-electron chi connectivity index (χ2n) is 17.0. The number of hydrogen-bond acceptors (Lipinski definition) is 0. The van der Waals surface area contributed by atoms with Crippen LogP contribution in [0.25, 0.3) is 11.1 Å². The zero-order valence-corrected chi connectivity index (χ0v) is 32.5. The van der Waals surface area contributed by atoms with Crippen LogP contribution in [0.5, 0.6) is 0 Å². The van der Waals surface area contributed by atoms with E-state index in [1.807, 2.05) is 0 Å². The molecule has 0 saturated heterocycles. The van der Waals surface area contributed by atoms with Crippen LogP contribution in [0.2, 0.25) is 19.6 Å². The van der Waals surface area contributed by atoms with E-state index in [9.17, 15) is 0 Å². The summed E-state index contributed by atoms with van der Waals surface area (Å²) in [6, 6.07) is 10.3. The number of allylic oxidation sites excluding steroid dienone is 4. The summed E-state index contributed by atoms with van der Waals surface area (Å²) in [5, 5.41) is 1.56. The topological polar surface area (TPSA) is 0 Å². The third-order valence-electron chi connectivity index (χ3n) is 10.1. The van der Waals surface area contributed by atoms with Crippen molar-refractivity contribution in [1.29, 1.82) is 0 Å². The van der Waals surface area contributed by atoms with Crippen LogP contribution in [0, 0.1) is 12.5 Å². The van der Waals surface area contributed by atoms with Gasteiger partial charge in [-0.05, 0) is 82.5 Å². The summed E-state index contributed by atoms with van der Waals surface area (Å²) in [6.07, 6.45) is 16.0. The van der Waals surface area contributed by atoms with Gasteiger partial charge in [-0.3, -0.25) is 6.08 Å². The van der Waals surface area contributed by atoms with E-state index in [2.05, 4.69) is 138 Å². The molecule has 6 rings (SSSR count). The monoisotopic (exact) mass is 654 g/mol. The van der Waals surface area contributed by atoms with Crippen molar-refractivity contribution in [3.05, 3.63) is 87.5 Å². The molecule has 0 radical (unpaired) electrons. The zero-order valence-electron chi connectivity index (χ0n) is 29.1. The molecule has 0 heterocycles. The minimum atomic E-state index is -0.981. The van der Waals surface area contributed by atoms with Crippen molar-refractivity contribution in [2.45, 2.75) is 143 Å². The summed E-state index contributed by atoms with van der Waals surface area (Å²) in [7, 11) is -0.981. The summed E-state index contributed by atoms with van der Waals surface area (Å²) < 4.78 is 1.51. The van der Waals surface area contributed by atoms with E-state index in [-0.39, 0.29) is 21.7 Å². The number of rotatable bonds is 1. The zero-order chi connectivity index (χ0) is 31.5. The third-order valence-corrected chi connectivity index (χ3v) is 12.2. The number of fused-ring (bicyclic) bond motifs is 5. The van der Waals surface area contributed by atoms with Gasteiger partial charge >= 0.3 is 41.3 Å². The molecule has 0 N–H and O–H groups in total. The van der Waals surface area contributed by atoms with E-state index in [0.29, 0.717) is 0 Å². The van der Waals surface area contributed by atoms with Crippen LogP contribution in [-0.4, -0.2) is 11.3 Å². The summed E-state index contributed by atoms with van der Waals surface area (Å²) in [6.45, 7) is 30.7. The van der Waals surface area contributed by atoms with Crippen molar-refractivity contribution >= 4 is 11.3 Å². The Morgan fingerprint density at radius 1 is 0.738 bits per heavy atom. The first-order valence-electron chi connectivity index (χ1n) is 16.2. The molecule has 224 valence electrons. The van der Waals surface area contributed by atoms with Crippen LogP contribution < -0.4 is 0 Å². The standard InChI is InChI=1S/C29H37.C8H13Si.C3H6.Zr/c1-26(2)9-11-28(5,6)24-16-20-18(14-22(24)26)13-19-15-23-25(17-21(19)20)29(7,8)12-10-27(23,3)4;1-9(2,3)8-6-4-5-7-8;1-3-2;/h9,14-17H,10-13H2,1-8H3;6-7H,4H2,1-3H3;1-2H3;/q2*-1;;+2. The molecular weight excluding hydrogens is 600 g/mol. The fourth-order valence-corrected chi connectivity index (χ4v) is 8.29. The van der Waals surface area contributed by atoms with Crippen LogP contribution in [-0.2, 0) is 52.3 Å². The normalized spacial score (nSPS) is 21.4. The van der Waals surface area contributed by atoms with Crippen molar-refractivity contribution in [1.82, 2.24) is 0 Å². The first kappa shape index (κ1) is 33.8. The van der Waals surface area contributed by atoms with E-state index < -0.39 is 8.07 Å². The van der Waals surface area contributed by atoms with E-state index in [1.54, 1.807) is 57.2 Å². The van der Waals surface area contributed by atoms with Gasteiger partial charge in [0.05, 0.1) is 0 Å². The predicted molar refractivity (Wildman–Crippen MR) is 185 cm³/mol. The van der Waals surface area contributed by atoms with Gasteiger partial charge in [-0.15, -0.1) is 11.8 Å². The Morgan fingerprint density at radius 2 is 1.19 bits per heavy atom. The van der Waals surface area contributed by atoms with Gasteiger partial charge in [0.25, 0.3) is 0 Å². The molecule has 0 atom stereocenters. The van der Waals surface area contributed by atoms with Crippen LogP contribution in [0.4, 0.5) is 0 Å². The van der Waals surface area contributed by atoms with Gasteiger partial charge in [0.1, 0.15) is 0 Å². The maximum absolute atomic E-state index is 3.20. The molecule has 0 bridgehead atoms. The molecule has 4 aliphatic rings. The van der Waals surface area contributed by atoms with Crippen LogP contribution in [0.1, 0.15) is 128 Å². The molecule has 0 unspecified atom stereocenters. The molecule has 0 spiro atoms. The maximum Gasteiger partial charge on any atom is -0.0114 e. The SMILES string of the molecule is CC1(C)[CH-]CC(C)(C)c2cc3c(cc21)Cc1cc2c(cc1-3)C(C)(C)CCC2(C)C.C[C](C)=[Zr+2].C[Si](C)(C)C1=CC[C-]=C1. The first-order chi connectivity index (χ1) is 19.2. The Kier molecular flexibility index (Phi) is 9.39. The second-order valence-corrected chi connectivity index (χ2v) is 24.6. The Morgan fingerprint density at radius 3 is 1.62 bits per heavy atom. The van der Waals surface area contributed by atoms with E-state index >= 15 is 0 Å². The van der Waals surface area contributed by atoms with Crippen molar-refractivity contribution in [2.24, 2.45) is 0 Å². The molecule has 0 aliphatic heterocycles. The van der Waals surface area contributed by atoms with E-state index in [0.717, 1.165) is 19.3 Å². The molecule has 0 saturated carbocycles. The average molecular weight is 656 g/mol. The molecule has 2 heteroatoms. The van der Waals surface area contributed by atoms with Crippen molar-refractivity contribution in [3.8, 4) is 11.1 Å². The quantitative estimate of drug-likeness (QED) is 0.181. The van der Waals surface area contributed by atoms with Gasteiger partial charge in [0.15, 0.2) is 0 Å². The maximum atomic E-state index is 3.20. The summed E-state index contributed by atoms with van der Waals surface area (Å²) >= 11 is 1.55. The summed E-state index contributed by atoms with van der Waals surface area (Å²) in [5.41, 5.74) is 13.3. The van der Waals surface area contributed by atoms with Crippen molar-refractivity contribution in [2.75, 3.05) is 0 Å². The van der Waals surface area contributed by atoms with Gasteiger partial charge < -0.3 is 6.42 Å². The van der Waals surface area contributed by atoms with Gasteiger partial charge in [0.2, 0.25) is 0 Å². The largest absolute Gasteiger partial charge is 0.273 e. The van der Waals surface area contributed by atoms with Crippen molar-refractivity contribution in [3.63, 3.8) is 0 Å².